The molecule has 0 aliphatic rings. The van der Waals surface area contributed by atoms with Crippen LogP contribution in [0, 0.1) is 15.9 Å². The van der Waals surface area contributed by atoms with Gasteiger partial charge in [0, 0.05) is 45.6 Å². The van der Waals surface area contributed by atoms with E-state index < -0.39 is 16.4 Å². The highest BCUT2D eigenvalue weighted by atomic mass is 19.1. The minimum absolute atomic E-state index is 0.0600. The highest BCUT2D eigenvalue weighted by molar-refractivity contribution is 6.18. The van der Waals surface area contributed by atoms with Crippen LogP contribution in [0.1, 0.15) is 18.1 Å². The van der Waals surface area contributed by atoms with Crippen molar-refractivity contribution < 1.29 is 13.7 Å². The summed E-state index contributed by atoms with van der Waals surface area (Å²) in [5.74, 6) is -0.586. The molecular weight excluding hydrogens is 401 g/mol. The number of hydrogen-bond acceptors (Lipinski definition) is 5. The third-order valence-electron chi connectivity index (χ3n) is 5.53. The zero-order chi connectivity index (χ0) is 21.7. The number of aryl methyl sites for hydroxylation is 1. The number of aromatic nitrogens is 2. The van der Waals surface area contributed by atoms with Crippen molar-refractivity contribution in [3.05, 3.63) is 92.2 Å². The van der Waals surface area contributed by atoms with Crippen molar-refractivity contribution in [2.24, 2.45) is 0 Å². The Morgan fingerprint density at radius 1 is 1.16 bits per heavy atom. The van der Waals surface area contributed by atoms with Gasteiger partial charge in [-0.3, -0.25) is 10.1 Å². The van der Waals surface area contributed by atoms with Crippen LogP contribution in [0.4, 0.5) is 10.1 Å². The Kier molecular flexibility index (Phi) is 4.28. The Balaban J connectivity index is 1.88. The summed E-state index contributed by atoms with van der Waals surface area (Å²) < 4.78 is 21.6. The summed E-state index contributed by atoms with van der Waals surface area (Å²) in [5.41, 5.74) is 1.59. The standard InChI is InChI=1S/C23H16FN3O4/c1-2-13-5-8-19-17(10-13)20-16-4-3-9-25-22(16)31-23(28)21(20)26(19)12-14-11-15(27(29)30)6-7-18(14)24/h3-11H,2,12H2,1H3. The molecule has 7 nitrogen and oxygen atoms in total. The lowest BCUT2D eigenvalue weighted by Crippen LogP contribution is -2.09. The number of halogens is 1. The van der Waals surface area contributed by atoms with Crippen molar-refractivity contribution in [3.8, 4) is 0 Å². The van der Waals surface area contributed by atoms with E-state index in [1.54, 1.807) is 16.8 Å². The highest BCUT2D eigenvalue weighted by Gasteiger charge is 2.21. The lowest BCUT2D eigenvalue weighted by atomic mass is 10.1. The van der Waals surface area contributed by atoms with Crippen molar-refractivity contribution in [2.45, 2.75) is 19.9 Å². The van der Waals surface area contributed by atoms with E-state index in [2.05, 4.69) is 4.98 Å². The van der Waals surface area contributed by atoms with Crippen LogP contribution in [0.25, 0.3) is 32.9 Å². The van der Waals surface area contributed by atoms with Crippen LogP contribution in [0.5, 0.6) is 0 Å². The van der Waals surface area contributed by atoms with Gasteiger partial charge < -0.3 is 8.98 Å². The van der Waals surface area contributed by atoms with Gasteiger partial charge in [-0.05, 0) is 42.3 Å². The molecule has 5 aromatic rings. The second-order valence-electron chi connectivity index (χ2n) is 7.29. The molecule has 0 fully saturated rings. The van der Waals surface area contributed by atoms with Gasteiger partial charge in [0.15, 0.2) is 0 Å². The fourth-order valence-corrected chi connectivity index (χ4v) is 4.04. The number of hydrogen-bond donors (Lipinski definition) is 0. The molecular formula is C23H16FN3O4. The number of non-ortho nitro benzene ring substituents is 1. The number of fused-ring (bicyclic) bond motifs is 5. The number of nitro benzene ring substituents is 1. The molecule has 0 spiro atoms. The van der Waals surface area contributed by atoms with E-state index in [0.717, 1.165) is 29.5 Å². The van der Waals surface area contributed by atoms with Crippen LogP contribution < -0.4 is 5.63 Å². The van der Waals surface area contributed by atoms with Gasteiger partial charge in [-0.2, -0.15) is 0 Å². The molecule has 0 aliphatic heterocycles. The van der Waals surface area contributed by atoms with Crippen molar-refractivity contribution >= 4 is 38.6 Å². The molecule has 0 atom stereocenters. The molecule has 0 amide bonds. The lowest BCUT2D eigenvalue weighted by Gasteiger charge is -2.08. The summed E-state index contributed by atoms with van der Waals surface area (Å²) in [6, 6.07) is 12.8. The van der Waals surface area contributed by atoms with E-state index in [4.69, 9.17) is 4.42 Å². The Morgan fingerprint density at radius 3 is 2.77 bits per heavy atom. The maximum Gasteiger partial charge on any atom is 0.362 e. The predicted octanol–water partition coefficient (Wildman–Crippen LogP) is 4.95. The van der Waals surface area contributed by atoms with E-state index in [0.29, 0.717) is 16.3 Å². The van der Waals surface area contributed by atoms with Crippen LogP contribution >= 0.6 is 0 Å². The molecule has 0 N–H and O–H groups in total. The molecule has 3 heterocycles. The van der Waals surface area contributed by atoms with E-state index in [1.165, 1.54) is 6.07 Å². The lowest BCUT2D eigenvalue weighted by molar-refractivity contribution is -0.385. The molecule has 0 unspecified atom stereocenters. The normalized spacial score (nSPS) is 11.5. The third kappa shape index (κ3) is 2.95. The Labute approximate surface area is 174 Å². The SMILES string of the molecule is CCc1ccc2c(c1)c1c3cccnc3oc(=O)c1n2Cc1cc([N+](=O)[O-])ccc1F. The van der Waals surface area contributed by atoms with Gasteiger partial charge in [0.05, 0.1) is 11.5 Å². The first-order chi connectivity index (χ1) is 15.0. The zero-order valence-corrected chi connectivity index (χ0v) is 16.5. The molecule has 0 bridgehead atoms. The zero-order valence-electron chi connectivity index (χ0n) is 16.5. The van der Waals surface area contributed by atoms with Crippen LogP contribution in [-0.4, -0.2) is 14.5 Å². The second-order valence-corrected chi connectivity index (χ2v) is 7.29. The van der Waals surface area contributed by atoms with E-state index in [-0.39, 0.29) is 29.0 Å². The molecule has 0 radical (unpaired) electrons. The fourth-order valence-electron chi connectivity index (χ4n) is 4.04. The van der Waals surface area contributed by atoms with Crippen LogP contribution in [0.15, 0.2) is 63.9 Å². The van der Waals surface area contributed by atoms with E-state index in [1.807, 2.05) is 31.2 Å². The summed E-state index contributed by atoms with van der Waals surface area (Å²) in [4.78, 5) is 27.7. The Morgan fingerprint density at radius 2 is 2.00 bits per heavy atom. The van der Waals surface area contributed by atoms with Crippen molar-refractivity contribution in [1.82, 2.24) is 9.55 Å². The molecule has 154 valence electrons. The Bertz CT molecular complexity index is 1570. The summed E-state index contributed by atoms with van der Waals surface area (Å²) in [6.07, 6.45) is 2.35. The predicted molar refractivity (Wildman–Crippen MR) is 115 cm³/mol. The van der Waals surface area contributed by atoms with E-state index in [9.17, 15) is 19.3 Å². The average Bonchev–Trinajstić information content (AvgIpc) is 3.09. The quantitative estimate of drug-likeness (QED) is 0.305. The van der Waals surface area contributed by atoms with Crippen LogP contribution in [0.2, 0.25) is 0 Å². The van der Waals surface area contributed by atoms with Crippen LogP contribution in [0.3, 0.4) is 0 Å². The number of pyridine rings is 1. The minimum atomic E-state index is -0.596. The first-order valence-electron chi connectivity index (χ1n) is 9.73. The van der Waals surface area contributed by atoms with E-state index >= 15 is 0 Å². The van der Waals surface area contributed by atoms with Gasteiger partial charge in [0.25, 0.3) is 5.69 Å². The van der Waals surface area contributed by atoms with Crippen molar-refractivity contribution in [2.75, 3.05) is 0 Å². The average molecular weight is 417 g/mol. The van der Waals surface area contributed by atoms with Gasteiger partial charge in [-0.25, -0.2) is 14.2 Å². The first-order valence-corrected chi connectivity index (χ1v) is 9.73. The van der Waals surface area contributed by atoms with Gasteiger partial charge in [-0.15, -0.1) is 0 Å². The first kappa shape index (κ1) is 18.9. The summed E-state index contributed by atoms with van der Waals surface area (Å²) >= 11 is 0. The number of nitrogens with zero attached hydrogens (tertiary/aromatic N) is 3. The molecule has 0 saturated carbocycles. The summed E-state index contributed by atoms with van der Waals surface area (Å²) in [5, 5.41) is 13.3. The third-order valence-corrected chi connectivity index (χ3v) is 5.53. The number of rotatable bonds is 4. The fraction of sp³-hybridized carbons (Fsp3) is 0.130. The van der Waals surface area contributed by atoms with Gasteiger partial charge in [0.1, 0.15) is 11.3 Å². The number of benzene rings is 2. The topological polar surface area (TPSA) is 91.2 Å². The smallest absolute Gasteiger partial charge is 0.362 e. The Hall–Kier alpha value is -4.07. The van der Waals surface area contributed by atoms with Gasteiger partial charge in [-0.1, -0.05) is 13.0 Å². The number of nitro groups is 1. The second kappa shape index (κ2) is 7.02. The molecule has 3 aromatic heterocycles. The molecule has 0 saturated heterocycles. The van der Waals surface area contributed by atoms with Crippen molar-refractivity contribution in [1.29, 1.82) is 0 Å². The van der Waals surface area contributed by atoms with Gasteiger partial charge in [0.2, 0.25) is 5.71 Å². The maximum atomic E-state index is 14.5. The molecule has 31 heavy (non-hydrogen) atoms. The molecule has 0 aliphatic carbocycles. The summed E-state index contributed by atoms with van der Waals surface area (Å²) in [7, 11) is 0. The molecule has 8 heteroatoms. The highest BCUT2D eigenvalue weighted by Crippen LogP contribution is 2.34. The molecule has 2 aromatic carbocycles. The van der Waals surface area contributed by atoms with Crippen LogP contribution in [-0.2, 0) is 13.0 Å². The minimum Gasteiger partial charge on any atom is -0.402 e. The molecule has 5 rings (SSSR count). The largest absolute Gasteiger partial charge is 0.402 e. The maximum absolute atomic E-state index is 14.5. The summed E-state index contributed by atoms with van der Waals surface area (Å²) in [6.45, 7) is 1.97. The van der Waals surface area contributed by atoms with Gasteiger partial charge >= 0.3 is 5.63 Å². The van der Waals surface area contributed by atoms with Crippen molar-refractivity contribution in [3.63, 3.8) is 0 Å². The monoisotopic (exact) mass is 417 g/mol.